The first-order chi connectivity index (χ1) is 11.8. The molecule has 1 aliphatic rings. The summed E-state index contributed by atoms with van der Waals surface area (Å²) in [7, 11) is 1.92. The summed E-state index contributed by atoms with van der Waals surface area (Å²) in [5, 5.41) is 7.60. The van der Waals surface area contributed by atoms with E-state index < -0.39 is 0 Å². The van der Waals surface area contributed by atoms with Crippen molar-refractivity contribution in [2.24, 2.45) is 7.05 Å². The summed E-state index contributed by atoms with van der Waals surface area (Å²) in [6, 6.07) is 3.89. The molecular weight excluding hydrogens is 306 g/mol. The first-order valence-electron chi connectivity index (χ1n) is 7.77. The second-order valence-electron chi connectivity index (χ2n) is 5.57. The molecular formula is C16H17N7O. The van der Waals surface area contributed by atoms with Crippen molar-refractivity contribution in [3.05, 3.63) is 48.8 Å². The van der Waals surface area contributed by atoms with Crippen LogP contribution in [0.4, 0.5) is 5.95 Å². The van der Waals surface area contributed by atoms with Crippen molar-refractivity contribution in [3.63, 3.8) is 0 Å². The van der Waals surface area contributed by atoms with Crippen molar-refractivity contribution in [1.29, 1.82) is 0 Å². The van der Waals surface area contributed by atoms with Gasteiger partial charge in [-0.1, -0.05) is 0 Å². The van der Waals surface area contributed by atoms with Crippen LogP contribution in [0.3, 0.4) is 0 Å². The fourth-order valence-corrected chi connectivity index (χ4v) is 2.86. The van der Waals surface area contributed by atoms with Gasteiger partial charge >= 0.3 is 0 Å². The number of rotatable bonds is 4. The maximum absolute atomic E-state index is 5.88. The summed E-state index contributed by atoms with van der Waals surface area (Å²) in [6.45, 7) is 0.692. The van der Waals surface area contributed by atoms with Gasteiger partial charge in [0.2, 0.25) is 5.95 Å². The summed E-state index contributed by atoms with van der Waals surface area (Å²) in [5.41, 5.74) is 2.49. The monoisotopic (exact) mass is 323 g/mol. The number of aryl methyl sites for hydroxylation is 1. The third-order valence-electron chi connectivity index (χ3n) is 4.04. The predicted octanol–water partition coefficient (Wildman–Crippen LogP) is 1.61. The highest BCUT2D eigenvalue weighted by molar-refractivity contribution is 5.53. The van der Waals surface area contributed by atoms with E-state index in [4.69, 9.17) is 4.74 Å². The molecule has 2 atom stereocenters. The van der Waals surface area contributed by atoms with E-state index >= 15 is 0 Å². The van der Waals surface area contributed by atoms with Gasteiger partial charge in [-0.15, -0.1) is 0 Å². The Morgan fingerprint density at radius 3 is 2.88 bits per heavy atom. The number of hydrogen-bond donors (Lipinski definition) is 1. The largest absolute Gasteiger partial charge is 0.370 e. The molecule has 0 spiro atoms. The van der Waals surface area contributed by atoms with Crippen LogP contribution in [0.2, 0.25) is 0 Å². The highest BCUT2D eigenvalue weighted by Gasteiger charge is 2.32. The Hall–Kier alpha value is -2.87. The van der Waals surface area contributed by atoms with Crippen LogP contribution in [0.5, 0.6) is 0 Å². The van der Waals surface area contributed by atoms with Crippen molar-refractivity contribution in [2.75, 3.05) is 11.9 Å². The van der Waals surface area contributed by atoms with Crippen LogP contribution in [0.25, 0.3) is 11.4 Å². The van der Waals surface area contributed by atoms with Crippen molar-refractivity contribution in [3.8, 4) is 11.4 Å². The minimum absolute atomic E-state index is 0.0683. The number of nitrogens with zero attached hydrogens (tertiary/aromatic N) is 6. The lowest BCUT2D eigenvalue weighted by Gasteiger charge is -2.20. The van der Waals surface area contributed by atoms with Gasteiger partial charge in [-0.25, -0.2) is 9.97 Å². The number of nitrogens with one attached hydrogen (secondary N) is 1. The lowest BCUT2D eigenvalue weighted by atomic mass is 10.1. The summed E-state index contributed by atoms with van der Waals surface area (Å²) >= 11 is 0. The molecule has 4 rings (SSSR count). The van der Waals surface area contributed by atoms with Crippen LogP contribution in [-0.2, 0) is 11.8 Å². The summed E-state index contributed by atoms with van der Waals surface area (Å²) in [6.07, 6.45) is 9.28. The summed E-state index contributed by atoms with van der Waals surface area (Å²) < 4.78 is 7.71. The number of anilines is 1. The van der Waals surface area contributed by atoms with Gasteiger partial charge < -0.3 is 10.1 Å². The Labute approximate surface area is 139 Å². The Morgan fingerprint density at radius 1 is 1.12 bits per heavy atom. The van der Waals surface area contributed by atoms with E-state index in [0.29, 0.717) is 18.2 Å². The molecule has 0 amide bonds. The standard InChI is InChI=1S/C16H17N7O/c1-23-14(3-6-20-23)15-12(4-9-24-15)22-16-19-5-2-11(21-16)13-10-17-7-8-18-13/h2-3,5-8,10,12,15H,4,9H2,1H3,(H,19,21,22)/t12-,15-/m0/s1. The Morgan fingerprint density at radius 2 is 2.08 bits per heavy atom. The molecule has 0 radical (unpaired) electrons. The number of hydrogen-bond acceptors (Lipinski definition) is 7. The Balaban J connectivity index is 1.56. The van der Waals surface area contributed by atoms with Gasteiger partial charge in [0.1, 0.15) is 11.8 Å². The third-order valence-corrected chi connectivity index (χ3v) is 4.04. The molecule has 0 bridgehead atoms. The molecule has 8 heteroatoms. The van der Waals surface area contributed by atoms with Gasteiger partial charge in [-0.3, -0.25) is 14.6 Å². The molecule has 122 valence electrons. The van der Waals surface area contributed by atoms with Crippen molar-refractivity contribution in [2.45, 2.75) is 18.6 Å². The zero-order valence-corrected chi connectivity index (χ0v) is 13.2. The van der Waals surface area contributed by atoms with Crippen LogP contribution >= 0.6 is 0 Å². The van der Waals surface area contributed by atoms with Crippen molar-refractivity contribution in [1.82, 2.24) is 29.7 Å². The smallest absolute Gasteiger partial charge is 0.223 e. The lowest BCUT2D eigenvalue weighted by molar-refractivity contribution is 0.101. The maximum Gasteiger partial charge on any atom is 0.223 e. The fourth-order valence-electron chi connectivity index (χ4n) is 2.86. The van der Waals surface area contributed by atoms with Gasteiger partial charge in [0.05, 0.1) is 23.6 Å². The van der Waals surface area contributed by atoms with Crippen LogP contribution in [0.1, 0.15) is 18.2 Å². The quantitative estimate of drug-likeness (QED) is 0.780. The average Bonchev–Trinajstić information content (AvgIpc) is 3.24. The van der Waals surface area contributed by atoms with Crippen LogP contribution in [-0.4, -0.2) is 42.4 Å². The van der Waals surface area contributed by atoms with Crippen LogP contribution < -0.4 is 5.32 Å². The predicted molar refractivity (Wildman–Crippen MR) is 87.0 cm³/mol. The van der Waals surface area contributed by atoms with E-state index in [2.05, 4.69) is 30.4 Å². The van der Waals surface area contributed by atoms with E-state index in [-0.39, 0.29) is 12.1 Å². The number of ether oxygens (including phenoxy) is 1. The third kappa shape index (κ3) is 2.83. The molecule has 24 heavy (non-hydrogen) atoms. The van der Waals surface area contributed by atoms with Gasteiger partial charge in [-0.05, 0) is 18.6 Å². The van der Waals surface area contributed by atoms with Crippen LogP contribution in [0, 0.1) is 0 Å². The van der Waals surface area contributed by atoms with Crippen LogP contribution in [0.15, 0.2) is 43.1 Å². The van der Waals surface area contributed by atoms with E-state index in [9.17, 15) is 0 Å². The van der Waals surface area contributed by atoms with Gasteiger partial charge in [0, 0.05) is 38.4 Å². The molecule has 1 saturated heterocycles. The molecule has 1 aliphatic heterocycles. The first-order valence-corrected chi connectivity index (χ1v) is 7.77. The first kappa shape index (κ1) is 14.7. The second-order valence-corrected chi connectivity index (χ2v) is 5.57. The number of aromatic nitrogens is 6. The Bertz CT molecular complexity index is 820. The molecule has 0 aliphatic carbocycles. The molecule has 0 saturated carbocycles. The Kier molecular flexibility index (Phi) is 3.87. The molecule has 0 aromatic carbocycles. The van der Waals surface area contributed by atoms with E-state index in [1.807, 2.05) is 23.9 Å². The molecule has 1 fully saturated rings. The lowest BCUT2D eigenvalue weighted by Crippen LogP contribution is -2.26. The van der Waals surface area contributed by atoms with E-state index in [1.54, 1.807) is 31.0 Å². The summed E-state index contributed by atoms with van der Waals surface area (Å²) in [5.74, 6) is 0.556. The fraction of sp³-hybridized carbons (Fsp3) is 0.312. The zero-order chi connectivity index (χ0) is 16.4. The van der Waals surface area contributed by atoms with Gasteiger partial charge in [0.15, 0.2) is 0 Å². The molecule has 1 N–H and O–H groups in total. The molecule has 0 unspecified atom stereocenters. The molecule has 4 heterocycles. The molecule has 3 aromatic heterocycles. The van der Waals surface area contributed by atoms with E-state index in [0.717, 1.165) is 17.8 Å². The van der Waals surface area contributed by atoms with Gasteiger partial charge in [-0.2, -0.15) is 5.10 Å². The maximum atomic E-state index is 5.88. The van der Waals surface area contributed by atoms with Crippen molar-refractivity contribution >= 4 is 5.95 Å². The zero-order valence-electron chi connectivity index (χ0n) is 13.2. The molecule has 8 nitrogen and oxygen atoms in total. The van der Waals surface area contributed by atoms with Gasteiger partial charge in [0.25, 0.3) is 0 Å². The topological polar surface area (TPSA) is 90.6 Å². The second kappa shape index (κ2) is 6.32. The minimum Gasteiger partial charge on any atom is -0.370 e. The van der Waals surface area contributed by atoms with Crippen molar-refractivity contribution < 1.29 is 4.74 Å². The van der Waals surface area contributed by atoms with E-state index in [1.165, 1.54) is 0 Å². The minimum atomic E-state index is -0.0683. The SMILES string of the molecule is Cn1nccc1[C@H]1OCC[C@@H]1Nc1nccc(-c2cnccn2)n1. The molecule has 3 aromatic rings. The average molecular weight is 323 g/mol. The highest BCUT2D eigenvalue weighted by Crippen LogP contribution is 2.30. The normalized spacial score (nSPS) is 20.2. The highest BCUT2D eigenvalue weighted by atomic mass is 16.5. The summed E-state index contributed by atoms with van der Waals surface area (Å²) in [4.78, 5) is 17.2.